The molecule has 0 fully saturated rings. The van der Waals surface area contributed by atoms with Gasteiger partial charge in [0.25, 0.3) is 0 Å². The van der Waals surface area contributed by atoms with Crippen molar-refractivity contribution in [2.24, 2.45) is 11.1 Å². The van der Waals surface area contributed by atoms with Gasteiger partial charge in [-0.3, -0.25) is 4.79 Å². The standard InChI is InChI=1S/C13H19ClN2O/c1-13(2,3)11(15)12(17)16-8-9-4-6-10(14)7-5-9/h4-7,11H,8,15H2,1-3H3,(H,16,17)/t11-/m1/s1. The summed E-state index contributed by atoms with van der Waals surface area (Å²) in [6.45, 7) is 6.30. The second-order valence-electron chi connectivity index (χ2n) is 5.19. The number of carbonyl (C=O) groups is 1. The lowest BCUT2D eigenvalue weighted by atomic mass is 9.87. The molecule has 1 atom stereocenters. The van der Waals surface area contributed by atoms with Gasteiger partial charge in [0.1, 0.15) is 0 Å². The Kier molecular flexibility index (Phi) is 4.54. The Morgan fingerprint density at radius 2 is 1.88 bits per heavy atom. The van der Waals surface area contributed by atoms with E-state index < -0.39 is 6.04 Å². The number of benzene rings is 1. The molecule has 0 heterocycles. The van der Waals surface area contributed by atoms with Gasteiger partial charge in [-0.2, -0.15) is 0 Å². The predicted octanol–water partition coefficient (Wildman–Crippen LogP) is 2.33. The van der Waals surface area contributed by atoms with Gasteiger partial charge in [0.15, 0.2) is 0 Å². The Morgan fingerprint density at radius 1 is 1.35 bits per heavy atom. The Labute approximate surface area is 107 Å². The van der Waals surface area contributed by atoms with Crippen molar-refractivity contribution in [3.63, 3.8) is 0 Å². The Morgan fingerprint density at radius 3 is 2.35 bits per heavy atom. The average molecular weight is 255 g/mol. The number of nitrogens with one attached hydrogen (secondary N) is 1. The van der Waals surface area contributed by atoms with Crippen LogP contribution in [0.5, 0.6) is 0 Å². The van der Waals surface area contributed by atoms with Crippen LogP contribution in [0.25, 0.3) is 0 Å². The zero-order chi connectivity index (χ0) is 13.1. The lowest BCUT2D eigenvalue weighted by Gasteiger charge is -2.25. The van der Waals surface area contributed by atoms with E-state index >= 15 is 0 Å². The Bertz CT molecular complexity index is 381. The van der Waals surface area contributed by atoms with Crippen LogP contribution in [0.15, 0.2) is 24.3 Å². The van der Waals surface area contributed by atoms with E-state index in [9.17, 15) is 4.79 Å². The molecule has 0 spiro atoms. The highest BCUT2D eigenvalue weighted by Crippen LogP contribution is 2.17. The smallest absolute Gasteiger partial charge is 0.237 e. The van der Waals surface area contributed by atoms with Gasteiger partial charge in [-0.15, -0.1) is 0 Å². The predicted molar refractivity (Wildman–Crippen MR) is 70.7 cm³/mol. The van der Waals surface area contributed by atoms with E-state index in [2.05, 4.69) is 5.32 Å². The van der Waals surface area contributed by atoms with Gasteiger partial charge < -0.3 is 11.1 Å². The van der Waals surface area contributed by atoms with Crippen molar-refractivity contribution in [3.8, 4) is 0 Å². The molecular formula is C13H19ClN2O. The molecule has 94 valence electrons. The van der Waals surface area contributed by atoms with E-state index in [0.29, 0.717) is 11.6 Å². The van der Waals surface area contributed by atoms with Crippen LogP contribution in [-0.4, -0.2) is 11.9 Å². The zero-order valence-electron chi connectivity index (χ0n) is 10.5. The summed E-state index contributed by atoms with van der Waals surface area (Å²) < 4.78 is 0. The molecule has 0 saturated carbocycles. The van der Waals surface area contributed by atoms with Crippen molar-refractivity contribution in [3.05, 3.63) is 34.9 Å². The van der Waals surface area contributed by atoms with Gasteiger partial charge >= 0.3 is 0 Å². The first-order valence-corrected chi connectivity index (χ1v) is 5.96. The SMILES string of the molecule is CC(C)(C)[C@H](N)C(=O)NCc1ccc(Cl)cc1. The molecule has 4 heteroatoms. The number of hydrogen-bond donors (Lipinski definition) is 2. The van der Waals surface area contributed by atoms with Crippen LogP contribution < -0.4 is 11.1 Å². The van der Waals surface area contributed by atoms with Crippen LogP contribution in [0.2, 0.25) is 5.02 Å². The van der Waals surface area contributed by atoms with Crippen LogP contribution in [0.4, 0.5) is 0 Å². The number of rotatable bonds is 3. The highest BCUT2D eigenvalue weighted by atomic mass is 35.5. The molecule has 0 saturated heterocycles. The second-order valence-corrected chi connectivity index (χ2v) is 5.62. The fourth-order valence-corrected chi connectivity index (χ4v) is 1.42. The molecule has 0 aliphatic carbocycles. The Hall–Kier alpha value is -1.06. The maximum absolute atomic E-state index is 11.8. The molecule has 1 amide bonds. The molecule has 1 rings (SSSR count). The molecule has 0 aliphatic rings. The van der Waals surface area contributed by atoms with Crippen LogP contribution >= 0.6 is 11.6 Å². The summed E-state index contributed by atoms with van der Waals surface area (Å²) in [6.07, 6.45) is 0. The minimum absolute atomic E-state index is 0.132. The van der Waals surface area contributed by atoms with Gasteiger partial charge in [0.05, 0.1) is 6.04 Å². The van der Waals surface area contributed by atoms with Crippen molar-refractivity contribution in [2.75, 3.05) is 0 Å². The molecule has 0 aromatic heterocycles. The maximum atomic E-state index is 11.8. The van der Waals surface area contributed by atoms with Crippen molar-refractivity contribution in [2.45, 2.75) is 33.4 Å². The molecule has 17 heavy (non-hydrogen) atoms. The summed E-state index contributed by atoms with van der Waals surface area (Å²) in [6, 6.07) is 6.85. The van der Waals surface area contributed by atoms with Crippen LogP contribution in [0, 0.1) is 5.41 Å². The number of amides is 1. The molecule has 1 aromatic rings. The van der Waals surface area contributed by atoms with Crippen LogP contribution in [-0.2, 0) is 11.3 Å². The number of halogens is 1. The van der Waals surface area contributed by atoms with Gasteiger partial charge in [0.2, 0.25) is 5.91 Å². The molecular weight excluding hydrogens is 236 g/mol. The lowest BCUT2D eigenvalue weighted by Crippen LogP contribution is -2.48. The van der Waals surface area contributed by atoms with E-state index in [1.807, 2.05) is 32.9 Å². The van der Waals surface area contributed by atoms with Crippen molar-refractivity contribution >= 4 is 17.5 Å². The van der Waals surface area contributed by atoms with Crippen LogP contribution in [0.3, 0.4) is 0 Å². The third kappa shape index (κ3) is 4.36. The highest BCUT2D eigenvalue weighted by molar-refractivity contribution is 6.30. The quantitative estimate of drug-likeness (QED) is 0.870. The molecule has 0 unspecified atom stereocenters. The zero-order valence-corrected chi connectivity index (χ0v) is 11.2. The molecule has 1 aromatic carbocycles. The topological polar surface area (TPSA) is 55.1 Å². The lowest BCUT2D eigenvalue weighted by molar-refractivity contribution is -0.124. The van der Waals surface area contributed by atoms with E-state index in [-0.39, 0.29) is 11.3 Å². The number of hydrogen-bond acceptors (Lipinski definition) is 2. The summed E-state index contributed by atoms with van der Waals surface area (Å²) in [5.41, 5.74) is 6.62. The first-order valence-electron chi connectivity index (χ1n) is 5.58. The highest BCUT2D eigenvalue weighted by Gasteiger charge is 2.26. The number of nitrogens with two attached hydrogens (primary N) is 1. The van der Waals surface area contributed by atoms with Gasteiger partial charge in [-0.05, 0) is 23.1 Å². The molecule has 0 bridgehead atoms. The minimum Gasteiger partial charge on any atom is -0.351 e. The van der Waals surface area contributed by atoms with Gasteiger partial charge in [-0.1, -0.05) is 44.5 Å². The summed E-state index contributed by atoms with van der Waals surface area (Å²) in [7, 11) is 0. The summed E-state index contributed by atoms with van der Waals surface area (Å²) in [5.74, 6) is -0.132. The fourth-order valence-electron chi connectivity index (χ4n) is 1.29. The van der Waals surface area contributed by atoms with Crippen molar-refractivity contribution in [1.29, 1.82) is 0 Å². The van der Waals surface area contributed by atoms with E-state index in [4.69, 9.17) is 17.3 Å². The fraction of sp³-hybridized carbons (Fsp3) is 0.462. The number of carbonyl (C=O) groups excluding carboxylic acids is 1. The van der Waals surface area contributed by atoms with Crippen molar-refractivity contribution in [1.82, 2.24) is 5.32 Å². The van der Waals surface area contributed by atoms with E-state index in [0.717, 1.165) is 5.56 Å². The monoisotopic (exact) mass is 254 g/mol. The average Bonchev–Trinajstić information content (AvgIpc) is 2.25. The van der Waals surface area contributed by atoms with Crippen LogP contribution in [0.1, 0.15) is 26.3 Å². The second kappa shape index (κ2) is 5.52. The third-order valence-corrected chi connectivity index (χ3v) is 2.85. The summed E-state index contributed by atoms with van der Waals surface area (Å²) >= 11 is 5.78. The first-order chi connectivity index (χ1) is 7.80. The Balaban J connectivity index is 2.51. The molecule has 0 radical (unpaired) electrons. The maximum Gasteiger partial charge on any atom is 0.237 e. The van der Waals surface area contributed by atoms with E-state index in [1.54, 1.807) is 12.1 Å². The van der Waals surface area contributed by atoms with Gasteiger partial charge in [0, 0.05) is 11.6 Å². The molecule has 3 N–H and O–H groups in total. The summed E-state index contributed by atoms with van der Waals surface area (Å²) in [4.78, 5) is 11.8. The van der Waals surface area contributed by atoms with E-state index in [1.165, 1.54) is 0 Å². The molecule has 3 nitrogen and oxygen atoms in total. The third-order valence-electron chi connectivity index (χ3n) is 2.60. The normalized spacial score (nSPS) is 13.2. The van der Waals surface area contributed by atoms with Crippen molar-refractivity contribution < 1.29 is 4.79 Å². The minimum atomic E-state index is -0.505. The largest absolute Gasteiger partial charge is 0.351 e. The summed E-state index contributed by atoms with van der Waals surface area (Å²) in [5, 5.41) is 3.50. The first kappa shape index (κ1) is 14.0. The van der Waals surface area contributed by atoms with Gasteiger partial charge in [-0.25, -0.2) is 0 Å². The molecule has 0 aliphatic heterocycles.